The van der Waals surface area contributed by atoms with Crippen LogP contribution in [0.4, 0.5) is 0 Å². The first-order valence-electron chi connectivity index (χ1n) is 11.7. The van der Waals surface area contributed by atoms with E-state index in [1.807, 2.05) is 11.8 Å². The lowest BCUT2D eigenvalue weighted by Gasteiger charge is -2.42. The van der Waals surface area contributed by atoms with Gasteiger partial charge in [-0.2, -0.15) is 0 Å². The molecule has 29 heavy (non-hydrogen) atoms. The highest BCUT2D eigenvalue weighted by atomic mass is 16.5. The van der Waals surface area contributed by atoms with Gasteiger partial charge in [-0.05, 0) is 50.4 Å². The highest BCUT2D eigenvalue weighted by Gasteiger charge is 2.35. The molecule has 0 saturated carbocycles. The van der Waals surface area contributed by atoms with Crippen molar-refractivity contribution in [1.29, 1.82) is 0 Å². The van der Waals surface area contributed by atoms with Crippen LogP contribution in [0.1, 0.15) is 66.7 Å². The quantitative estimate of drug-likeness (QED) is 0.593. The maximum absolute atomic E-state index is 13.5. The first-order chi connectivity index (χ1) is 13.8. The van der Waals surface area contributed by atoms with Gasteiger partial charge in [0.2, 0.25) is 5.91 Å². The summed E-state index contributed by atoms with van der Waals surface area (Å²) in [4.78, 5) is 29.7. The number of carbonyl (C=O) groups excluding carboxylic acids is 2. The van der Waals surface area contributed by atoms with E-state index in [1.165, 1.54) is 0 Å². The van der Waals surface area contributed by atoms with E-state index in [-0.39, 0.29) is 12.0 Å². The molecule has 0 aliphatic carbocycles. The molecule has 0 bridgehead atoms. The molecule has 2 atom stereocenters. The van der Waals surface area contributed by atoms with E-state index in [2.05, 4.69) is 37.9 Å². The number of piperazine rings is 1. The van der Waals surface area contributed by atoms with E-state index in [1.54, 1.807) is 0 Å². The molecule has 2 aliphatic heterocycles. The lowest BCUT2D eigenvalue weighted by molar-refractivity contribution is -0.145. The second kappa shape index (κ2) is 11.9. The zero-order chi connectivity index (χ0) is 21.4. The van der Waals surface area contributed by atoms with Crippen LogP contribution in [-0.4, -0.2) is 73.1 Å². The fraction of sp³-hybridized carbons (Fsp3) is 0.913. The van der Waals surface area contributed by atoms with Crippen molar-refractivity contribution >= 4 is 11.9 Å². The van der Waals surface area contributed by atoms with Crippen molar-refractivity contribution in [2.45, 2.75) is 78.8 Å². The number of likely N-dealkylation sites (tertiary alicyclic amines) is 1. The molecule has 2 aliphatic rings. The number of nitrogens with one attached hydrogen (secondary N) is 1. The molecule has 2 heterocycles. The van der Waals surface area contributed by atoms with Crippen LogP contribution in [0, 0.1) is 17.8 Å². The molecule has 0 unspecified atom stereocenters. The number of amides is 1. The van der Waals surface area contributed by atoms with Crippen molar-refractivity contribution < 1.29 is 14.3 Å². The number of hydrogen-bond acceptors (Lipinski definition) is 5. The Labute approximate surface area is 177 Å². The zero-order valence-corrected chi connectivity index (χ0v) is 19.3. The number of esters is 1. The molecule has 0 spiro atoms. The normalized spacial score (nSPS) is 22.9. The van der Waals surface area contributed by atoms with Gasteiger partial charge in [-0.15, -0.1) is 0 Å². The van der Waals surface area contributed by atoms with Gasteiger partial charge in [-0.3, -0.25) is 14.5 Å². The molecule has 168 valence electrons. The maximum Gasteiger partial charge on any atom is 0.306 e. The molecule has 6 nitrogen and oxygen atoms in total. The molecule has 0 radical (unpaired) electrons. The van der Waals surface area contributed by atoms with Crippen LogP contribution in [-0.2, 0) is 14.3 Å². The van der Waals surface area contributed by atoms with Gasteiger partial charge in [0.05, 0.1) is 12.6 Å². The Morgan fingerprint density at radius 3 is 2.34 bits per heavy atom. The highest BCUT2D eigenvalue weighted by Crippen LogP contribution is 2.24. The van der Waals surface area contributed by atoms with E-state index >= 15 is 0 Å². The van der Waals surface area contributed by atoms with Gasteiger partial charge in [0.25, 0.3) is 0 Å². The van der Waals surface area contributed by atoms with Gasteiger partial charge >= 0.3 is 5.97 Å². The minimum atomic E-state index is -0.105. The number of ether oxygens (including phenoxy) is 1. The summed E-state index contributed by atoms with van der Waals surface area (Å²) in [5.74, 6) is 1.68. The van der Waals surface area contributed by atoms with Crippen LogP contribution < -0.4 is 5.32 Å². The number of carbonyl (C=O) groups is 2. The first-order valence-corrected chi connectivity index (χ1v) is 11.7. The van der Waals surface area contributed by atoms with Crippen LogP contribution >= 0.6 is 0 Å². The summed E-state index contributed by atoms with van der Waals surface area (Å²) in [5.41, 5.74) is 0. The fourth-order valence-electron chi connectivity index (χ4n) is 4.74. The Hall–Kier alpha value is -1.14. The number of nitrogens with zero attached hydrogens (tertiary/aromatic N) is 2. The van der Waals surface area contributed by atoms with Crippen LogP contribution in [0.15, 0.2) is 0 Å². The molecule has 0 aromatic rings. The summed E-state index contributed by atoms with van der Waals surface area (Å²) in [6, 6.07) is 0.454. The molecular formula is C23H43N3O3. The number of rotatable bonds is 9. The van der Waals surface area contributed by atoms with Gasteiger partial charge in [-0.25, -0.2) is 0 Å². The minimum absolute atomic E-state index is 0.0200. The average molecular weight is 410 g/mol. The summed E-state index contributed by atoms with van der Waals surface area (Å²) in [6.07, 6.45) is 4.35. The molecule has 0 aromatic carbocycles. The smallest absolute Gasteiger partial charge is 0.306 e. The van der Waals surface area contributed by atoms with Gasteiger partial charge in [-0.1, -0.05) is 27.7 Å². The molecule has 2 fully saturated rings. The third-order valence-electron chi connectivity index (χ3n) is 6.15. The Morgan fingerprint density at radius 2 is 1.76 bits per heavy atom. The van der Waals surface area contributed by atoms with Gasteiger partial charge in [0.15, 0.2) is 0 Å². The molecular weight excluding hydrogens is 366 g/mol. The lowest BCUT2D eigenvalue weighted by atomic mass is 9.92. The highest BCUT2D eigenvalue weighted by molar-refractivity contribution is 5.82. The third-order valence-corrected chi connectivity index (χ3v) is 6.15. The van der Waals surface area contributed by atoms with Crippen molar-refractivity contribution in [3.63, 3.8) is 0 Å². The summed E-state index contributed by atoms with van der Waals surface area (Å²) < 4.78 is 5.09. The second-order valence-electron chi connectivity index (χ2n) is 9.70. The van der Waals surface area contributed by atoms with Gasteiger partial charge in [0, 0.05) is 45.2 Å². The SMILES string of the molecule is CCOC(=O)CC1CCN(C(=O)[C@H](CC(C)C)N2CCN[C@@H](CC(C)C)C2)CC1. The second-order valence-corrected chi connectivity index (χ2v) is 9.70. The molecule has 0 aromatic heterocycles. The Balaban J connectivity index is 1.94. The Morgan fingerprint density at radius 1 is 1.07 bits per heavy atom. The third kappa shape index (κ3) is 7.89. The van der Waals surface area contributed by atoms with Crippen molar-refractivity contribution in [2.75, 3.05) is 39.3 Å². The average Bonchev–Trinajstić information content (AvgIpc) is 2.66. The van der Waals surface area contributed by atoms with Crippen molar-refractivity contribution in [2.24, 2.45) is 17.8 Å². The summed E-state index contributed by atoms with van der Waals surface area (Å²) in [7, 11) is 0. The van der Waals surface area contributed by atoms with Crippen molar-refractivity contribution in [3.05, 3.63) is 0 Å². The number of hydrogen-bond donors (Lipinski definition) is 1. The van der Waals surface area contributed by atoms with Crippen LogP contribution in [0.5, 0.6) is 0 Å². The number of piperidine rings is 1. The van der Waals surface area contributed by atoms with Crippen molar-refractivity contribution in [3.8, 4) is 0 Å². The van der Waals surface area contributed by atoms with E-state index < -0.39 is 0 Å². The van der Waals surface area contributed by atoms with E-state index in [9.17, 15) is 9.59 Å². The Kier molecular flexibility index (Phi) is 9.90. The standard InChI is InChI=1S/C23H43N3O3/c1-6-29-22(27)15-19-7-10-25(11-8-19)23(28)21(14-18(4)5)26-12-9-24-20(16-26)13-17(2)3/h17-21,24H,6-16H2,1-5H3/t20-,21-/m0/s1. The van der Waals surface area contributed by atoms with E-state index in [0.29, 0.717) is 42.7 Å². The summed E-state index contributed by atoms with van der Waals surface area (Å²) in [6.45, 7) is 15.6. The van der Waals surface area contributed by atoms with Crippen molar-refractivity contribution in [1.82, 2.24) is 15.1 Å². The topological polar surface area (TPSA) is 61.9 Å². The largest absolute Gasteiger partial charge is 0.466 e. The van der Waals surface area contributed by atoms with E-state index in [4.69, 9.17) is 4.74 Å². The predicted octanol–water partition coefficient (Wildman–Crippen LogP) is 2.91. The molecule has 6 heteroatoms. The summed E-state index contributed by atoms with van der Waals surface area (Å²) in [5, 5.41) is 3.63. The molecule has 2 rings (SSSR count). The zero-order valence-electron chi connectivity index (χ0n) is 19.3. The molecule has 2 saturated heterocycles. The fourth-order valence-corrected chi connectivity index (χ4v) is 4.74. The van der Waals surface area contributed by atoms with Crippen LogP contribution in [0.2, 0.25) is 0 Å². The van der Waals surface area contributed by atoms with Gasteiger partial charge < -0.3 is 15.0 Å². The molecule has 1 amide bonds. The minimum Gasteiger partial charge on any atom is -0.466 e. The van der Waals surface area contributed by atoms with Crippen LogP contribution in [0.25, 0.3) is 0 Å². The molecule has 1 N–H and O–H groups in total. The monoisotopic (exact) mass is 409 g/mol. The van der Waals surface area contributed by atoms with E-state index in [0.717, 1.165) is 58.4 Å². The van der Waals surface area contributed by atoms with Crippen LogP contribution in [0.3, 0.4) is 0 Å². The predicted molar refractivity (Wildman–Crippen MR) is 117 cm³/mol. The van der Waals surface area contributed by atoms with Gasteiger partial charge in [0.1, 0.15) is 0 Å². The first kappa shape index (κ1) is 24.1. The maximum atomic E-state index is 13.5. The Bertz CT molecular complexity index is 515. The summed E-state index contributed by atoms with van der Waals surface area (Å²) >= 11 is 0. The lowest BCUT2D eigenvalue weighted by Crippen LogP contribution is -2.59.